The molecule has 0 spiro atoms. The normalized spacial score (nSPS) is 12.7. The van der Waals surface area contributed by atoms with Crippen LogP contribution >= 0.6 is 11.8 Å². The van der Waals surface area contributed by atoms with E-state index in [-0.39, 0.29) is 5.91 Å². The van der Waals surface area contributed by atoms with Crippen LogP contribution in [0.25, 0.3) is 11.4 Å². The number of aromatic nitrogens is 3. The van der Waals surface area contributed by atoms with Crippen LogP contribution in [0.1, 0.15) is 15.9 Å². The molecule has 1 aromatic heterocycles. The number of hydrogen-bond donors (Lipinski definition) is 1. The number of rotatable bonds is 4. The predicted molar refractivity (Wildman–Crippen MR) is 119 cm³/mol. The van der Waals surface area contributed by atoms with Gasteiger partial charge in [0.2, 0.25) is 5.16 Å². The van der Waals surface area contributed by atoms with E-state index in [1.807, 2.05) is 72.8 Å². The van der Waals surface area contributed by atoms with Gasteiger partial charge in [0.05, 0.1) is 11.4 Å². The first-order valence-corrected chi connectivity index (χ1v) is 10.5. The van der Waals surface area contributed by atoms with Crippen LogP contribution in [0.3, 0.4) is 0 Å². The maximum Gasteiger partial charge on any atom is 0.255 e. The summed E-state index contributed by atoms with van der Waals surface area (Å²) in [6.07, 6.45) is 0. The van der Waals surface area contributed by atoms with Gasteiger partial charge in [0, 0.05) is 16.9 Å². The van der Waals surface area contributed by atoms with Gasteiger partial charge in [-0.2, -0.15) is 9.78 Å². The number of fused-ring (bicyclic) bond motifs is 1. The Balaban J connectivity index is 1.53. The Labute approximate surface area is 177 Å². The van der Waals surface area contributed by atoms with E-state index in [0.717, 1.165) is 27.7 Å². The van der Waals surface area contributed by atoms with Crippen LogP contribution in [0.5, 0.6) is 0 Å². The topological polar surface area (TPSA) is 72.2 Å². The first kappa shape index (κ1) is 18.3. The average Bonchev–Trinajstić information content (AvgIpc) is 3.24. The molecule has 0 bridgehead atoms. The molecule has 0 radical (unpaired) electrons. The summed E-state index contributed by atoms with van der Waals surface area (Å²) < 4.78 is 1.75. The minimum Gasteiger partial charge on any atom is -0.321 e. The molecule has 6 nitrogen and oxygen atoms in total. The van der Waals surface area contributed by atoms with Crippen LogP contribution in [-0.2, 0) is 0 Å². The van der Waals surface area contributed by atoms with Crippen molar-refractivity contribution in [2.24, 2.45) is 5.10 Å². The second-order valence-corrected chi connectivity index (χ2v) is 7.63. The Morgan fingerprint density at radius 1 is 0.867 bits per heavy atom. The summed E-state index contributed by atoms with van der Waals surface area (Å²) in [7, 11) is 0. The molecule has 3 aromatic carbocycles. The van der Waals surface area contributed by atoms with Gasteiger partial charge in [-0.3, -0.25) is 4.79 Å². The van der Waals surface area contributed by atoms with Crippen LogP contribution in [0.4, 0.5) is 5.69 Å². The lowest BCUT2D eigenvalue weighted by molar-refractivity contribution is 0.102. The minimum absolute atomic E-state index is 0.177. The monoisotopic (exact) mass is 411 g/mol. The van der Waals surface area contributed by atoms with Gasteiger partial charge >= 0.3 is 0 Å². The molecule has 146 valence electrons. The summed E-state index contributed by atoms with van der Waals surface area (Å²) in [5, 5.41) is 17.2. The van der Waals surface area contributed by atoms with Gasteiger partial charge in [0.1, 0.15) is 0 Å². The predicted octanol–water partition coefficient (Wildman–Crippen LogP) is 4.56. The van der Waals surface area contributed by atoms with Gasteiger partial charge in [-0.05, 0) is 29.8 Å². The number of amides is 1. The second kappa shape index (κ2) is 7.96. The molecule has 4 aromatic rings. The number of hydrogen-bond acceptors (Lipinski definition) is 5. The molecular weight excluding hydrogens is 394 g/mol. The summed E-state index contributed by atoms with van der Waals surface area (Å²) in [5.74, 6) is 1.15. The molecule has 0 saturated heterocycles. The number of nitrogens with zero attached hydrogens (tertiary/aromatic N) is 4. The standard InChI is InChI=1S/C23H17N5OS/c29-22(17-11-5-2-6-12-17)24-19-14-8-7-13-18(19)21-25-26-23-28(21)27-20(15-30-23)16-9-3-1-4-10-16/h1-14H,15H2,(H,24,29). The maximum absolute atomic E-state index is 12.7. The van der Waals surface area contributed by atoms with Crippen molar-refractivity contribution in [1.29, 1.82) is 0 Å². The SMILES string of the molecule is O=C(Nc1ccccc1-c1nnc2n1N=C(c1ccccc1)CS2)c1ccccc1. The molecule has 0 saturated carbocycles. The Hall–Kier alpha value is -3.71. The zero-order chi connectivity index (χ0) is 20.3. The highest BCUT2D eigenvalue weighted by Crippen LogP contribution is 2.32. The first-order valence-electron chi connectivity index (χ1n) is 9.47. The molecule has 1 aliphatic rings. The average molecular weight is 411 g/mol. The Morgan fingerprint density at radius 2 is 1.57 bits per heavy atom. The third-order valence-electron chi connectivity index (χ3n) is 4.73. The zero-order valence-electron chi connectivity index (χ0n) is 15.9. The third-order valence-corrected chi connectivity index (χ3v) is 5.66. The van der Waals surface area contributed by atoms with Crippen molar-refractivity contribution in [3.63, 3.8) is 0 Å². The summed E-state index contributed by atoms with van der Waals surface area (Å²) in [4.78, 5) is 12.7. The van der Waals surface area contributed by atoms with Crippen LogP contribution in [0, 0.1) is 0 Å². The van der Waals surface area contributed by atoms with E-state index in [1.54, 1.807) is 28.6 Å². The van der Waals surface area contributed by atoms with Crippen molar-refractivity contribution in [3.05, 3.63) is 96.1 Å². The fraction of sp³-hybridized carbons (Fsp3) is 0.0435. The van der Waals surface area contributed by atoms with Gasteiger partial charge in [0.25, 0.3) is 5.91 Å². The fourth-order valence-electron chi connectivity index (χ4n) is 3.24. The van der Waals surface area contributed by atoms with Gasteiger partial charge in [-0.15, -0.1) is 10.2 Å². The van der Waals surface area contributed by atoms with E-state index in [9.17, 15) is 4.79 Å². The third kappa shape index (κ3) is 3.51. The second-order valence-electron chi connectivity index (χ2n) is 6.69. The van der Waals surface area contributed by atoms with Gasteiger partial charge < -0.3 is 5.32 Å². The molecule has 0 fully saturated rings. The number of carbonyl (C=O) groups excluding carboxylic acids is 1. The van der Waals surface area contributed by atoms with Gasteiger partial charge in [-0.25, -0.2) is 0 Å². The molecule has 7 heteroatoms. The number of thioether (sulfide) groups is 1. The van der Waals surface area contributed by atoms with Crippen LogP contribution < -0.4 is 5.32 Å². The number of para-hydroxylation sites is 1. The highest BCUT2D eigenvalue weighted by atomic mass is 32.2. The number of carbonyl (C=O) groups is 1. The number of anilines is 1. The molecule has 1 aliphatic heterocycles. The Morgan fingerprint density at radius 3 is 2.37 bits per heavy atom. The zero-order valence-corrected chi connectivity index (χ0v) is 16.7. The highest BCUT2D eigenvalue weighted by Gasteiger charge is 2.22. The van der Waals surface area contributed by atoms with Crippen LogP contribution in [0.2, 0.25) is 0 Å². The molecule has 0 aliphatic carbocycles. The van der Waals surface area contributed by atoms with Crippen molar-refractivity contribution in [2.45, 2.75) is 5.16 Å². The van der Waals surface area contributed by atoms with Gasteiger partial charge in [-0.1, -0.05) is 72.4 Å². The summed E-state index contributed by atoms with van der Waals surface area (Å²) in [5.41, 5.74) is 4.05. The molecule has 1 amide bonds. The van der Waals surface area contributed by atoms with Crippen molar-refractivity contribution >= 4 is 29.1 Å². The quantitative estimate of drug-likeness (QED) is 0.535. The van der Waals surface area contributed by atoms with E-state index in [4.69, 9.17) is 5.10 Å². The summed E-state index contributed by atoms with van der Waals surface area (Å²) in [6, 6.07) is 26.8. The van der Waals surface area contributed by atoms with Crippen molar-refractivity contribution in [2.75, 3.05) is 11.1 Å². The summed E-state index contributed by atoms with van der Waals surface area (Å²) >= 11 is 1.59. The first-order chi connectivity index (χ1) is 14.8. The molecule has 2 heterocycles. The molecule has 1 N–H and O–H groups in total. The van der Waals surface area contributed by atoms with E-state index in [1.165, 1.54) is 0 Å². The number of benzene rings is 3. The Bertz CT molecular complexity index is 1230. The molecule has 30 heavy (non-hydrogen) atoms. The largest absolute Gasteiger partial charge is 0.321 e. The maximum atomic E-state index is 12.7. The van der Waals surface area contributed by atoms with Gasteiger partial charge in [0.15, 0.2) is 5.82 Å². The van der Waals surface area contributed by atoms with E-state index >= 15 is 0 Å². The molecule has 0 atom stereocenters. The van der Waals surface area contributed by atoms with Crippen molar-refractivity contribution in [1.82, 2.24) is 14.9 Å². The number of nitrogens with one attached hydrogen (secondary N) is 1. The minimum atomic E-state index is -0.177. The van der Waals surface area contributed by atoms with E-state index in [0.29, 0.717) is 17.1 Å². The lowest BCUT2D eigenvalue weighted by atomic mass is 10.1. The molecule has 5 rings (SSSR count). The smallest absolute Gasteiger partial charge is 0.255 e. The van der Waals surface area contributed by atoms with Crippen LogP contribution in [0.15, 0.2) is 95.2 Å². The van der Waals surface area contributed by atoms with E-state index in [2.05, 4.69) is 15.5 Å². The van der Waals surface area contributed by atoms with Crippen LogP contribution in [-0.4, -0.2) is 32.2 Å². The summed E-state index contributed by atoms with van der Waals surface area (Å²) in [6.45, 7) is 0. The lowest BCUT2D eigenvalue weighted by Crippen LogP contribution is -2.15. The molecular formula is C23H17N5OS. The van der Waals surface area contributed by atoms with E-state index < -0.39 is 0 Å². The molecule has 0 unspecified atom stereocenters. The van der Waals surface area contributed by atoms with Crippen molar-refractivity contribution in [3.8, 4) is 11.4 Å². The highest BCUT2D eigenvalue weighted by molar-refractivity contribution is 7.99. The fourth-order valence-corrected chi connectivity index (χ4v) is 4.08. The van der Waals surface area contributed by atoms with Crippen molar-refractivity contribution < 1.29 is 4.79 Å². The Kier molecular flexibility index (Phi) is 4.86. The lowest BCUT2D eigenvalue weighted by Gasteiger charge is -2.15.